The Morgan fingerprint density at radius 3 is 2.62 bits per heavy atom. The summed E-state index contributed by atoms with van der Waals surface area (Å²) < 4.78 is 10.5. The van der Waals surface area contributed by atoms with E-state index >= 15 is 0 Å². The van der Waals surface area contributed by atoms with Crippen molar-refractivity contribution in [3.8, 4) is 5.75 Å². The minimum atomic E-state index is 0.682. The van der Waals surface area contributed by atoms with Crippen LogP contribution in [0.3, 0.4) is 0 Å². The van der Waals surface area contributed by atoms with Crippen molar-refractivity contribution in [3.05, 3.63) is 29.3 Å². The Balaban J connectivity index is 2.71. The molecule has 1 aromatic rings. The number of ether oxygens (including phenoxy) is 2. The van der Waals surface area contributed by atoms with E-state index in [0.29, 0.717) is 6.61 Å². The summed E-state index contributed by atoms with van der Waals surface area (Å²) in [5.41, 5.74) is 2.35. The third kappa shape index (κ3) is 2.74. The Hall–Kier alpha value is -1.02. The van der Waals surface area contributed by atoms with Gasteiger partial charge in [-0.05, 0) is 31.0 Å². The van der Waals surface area contributed by atoms with Crippen molar-refractivity contribution in [3.63, 3.8) is 0 Å². The third-order valence-electron chi connectivity index (χ3n) is 1.93. The van der Waals surface area contributed by atoms with E-state index in [1.807, 2.05) is 26.0 Å². The maximum atomic E-state index is 5.31. The molecule has 0 aliphatic heterocycles. The van der Waals surface area contributed by atoms with Crippen LogP contribution in [0.5, 0.6) is 5.75 Å². The van der Waals surface area contributed by atoms with E-state index in [1.165, 1.54) is 5.56 Å². The zero-order valence-electron chi connectivity index (χ0n) is 8.46. The van der Waals surface area contributed by atoms with Gasteiger partial charge in [0.1, 0.15) is 5.75 Å². The second kappa shape index (κ2) is 4.87. The molecule has 0 heterocycles. The van der Waals surface area contributed by atoms with Crippen LogP contribution in [0.1, 0.15) is 18.1 Å². The van der Waals surface area contributed by atoms with Crippen molar-refractivity contribution < 1.29 is 9.47 Å². The van der Waals surface area contributed by atoms with Crippen molar-refractivity contribution in [2.45, 2.75) is 20.5 Å². The Morgan fingerprint density at radius 1 is 1.31 bits per heavy atom. The highest BCUT2D eigenvalue weighted by molar-refractivity contribution is 5.35. The summed E-state index contributed by atoms with van der Waals surface area (Å²) in [4.78, 5) is 0. The van der Waals surface area contributed by atoms with Gasteiger partial charge >= 0.3 is 0 Å². The van der Waals surface area contributed by atoms with Gasteiger partial charge < -0.3 is 9.47 Å². The van der Waals surface area contributed by atoms with Gasteiger partial charge in [-0.1, -0.05) is 12.1 Å². The molecular weight excluding hydrogens is 164 g/mol. The first-order valence-corrected chi connectivity index (χ1v) is 4.49. The summed E-state index contributed by atoms with van der Waals surface area (Å²) in [6.07, 6.45) is 0. The predicted molar refractivity (Wildman–Crippen MR) is 53.1 cm³/mol. The van der Waals surface area contributed by atoms with Crippen LogP contribution in [0.15, 0.2) is 18.2 Å². The molecule has 0 spiro atoms. The molecule has 1 rings (SSSR count). The fraction of sp³-hybridized carbons (Fsp3) is 0.455. The molecule has 1 aromatic carbocycles. The Kier molecular flexibility index (Phi) is 3.77. The van der Waals surface area contributed by atoms with Crippen LogP contribution in [0.4, 0.5) is 0 Å². The smallest absolute Gasteiger partial charge is 0.121 e. The molecule has 0 atom stereocenters. The highest BCUT2D eigenvalue weighted by Crippen LogP contribution is 2.18. The van der Waals surface area contributed by atoms with Gasteiger partial charge in [0.05, 0.1) is 13.7 Å². The molecule has 2 heteroatoms. The molecule has 0 aliphatic rings. The standard InChI is InChI=1S/C11H16O2/c1-4-13-8-10-5-6-11(12-3)9(2)7-10/h5-7H,4,8H2,1-3H3. The molecular formula is C11H16O2. The summed E-state index contributed by atoms with van der Waals surface area (Å²) in [6, 6.07) is 6.10. The Labute approximate surface area is 79.5 Å². The molecule has 2 nitrogen and oxygen atoms in total. The molecule has 0 unspecified atom stereocenters. The van der Waals surface area contributed by atoms with E-state index in [-0.39, 0.29) is 0 Å². The summed E-state index contributed by atoms with van der Waals surface area (Å²) in [6.45, 7) is 5.47. The van der Waals surface area contributed by atoms with Gasteiger partial charge in [0.25, 0.3) is 0 Å². The highest BCUT2D eigenvalue weighted by Gasteiger charge is 1.99. The average Bonchev–Trinajstić information content (AvgIpc) is 2.15. The minimum absolute atomic E-state index is 0.682. The zero-order chi connectivity index (χ0) is 9.68. The predicted octanol–water partition coefficient (Wildman–Crippen LogP) is 2.54. The topological polar surface area (TPSA) is 18.5 Å². The molecule has 0 bridgehead atoms. The van der Waals surface area contributed by atoms with E-state index in [0.717, 1.165) is 17.9 Å². The van der Waals surface area contributed by atoms with E-state index < -0.39 is 0 Å². The fourth-order valence-corrected chi connectivity index (χ4v) is 1.25. The largest absolute Gasteiger partial charge is 0.496 e. The molecule has 0 aromatic heterocycles. The van der Waals surface area contributed by atoms with Gasteiger partial charge in [0, 0.05) is 6.61 Å². The summed E-state index contributed by atoms with van der Waals surface area (Å²) in [7, 11) is 1.69. The van der Waals surface area contributed by atoms with Gasteiger partial charge in [-0.2, -0.15) is 0 Å². The van der Waals surface area contributed by atoms with Gasteiger partial charge in [0.2, 0.25) is 0 Å². The van der Waals surface area contributed by atoms with E-state index in [4.69, 9.17) is 9.47 Å². The highest BCUT2D eigenvalue weighted by atomic mass is 16.5. The lowest BCUT2D eigenvalue weighted by Crippen LogP contribution is -1.93. The lowest BCUT2D eigenvalue weighted by atomic mass is 10.1. The van der Waals surface area contributed by atoms with E-state index in [9.17, 15) is 0 Å². The molecule has 0 radical (unpaired) electrons. The zero-order valence-corrected chi connectivity index (χ0v) is 8.46. The number of rotatable bonds is 4. The second-order valence-electron chi connectivity index (χ2n) is 2.94. The van der Waals surface area contributed by atoms with Crippen LogP contribution in [-0.2, 0) is 11.3 Å². The first-order valence-electron chi connectivity index (χ1n) is 4.49. The van der Waals surface area contributed by atoms with Crippen LogP contribution in [0.2, 0.25) is 0 Å². The maximum Gasteiger partial charge on any atom is 0.121 e. The molecule has 0 fully saturated rings. The van der Waals surface area contributed by atoms with Crippen LogP contribution in [0.25, 0.3) is 0 Å². The molecule has 0 saturated carbocycles. The summed E-state index contributed by atoms with van der Waals surface area (Å²) in [5, 5.41) is 0. The van der Waals surface area contributed by atoms with Crippen LogP contribution in [0, 0.1) is 6.92 Å². The quantitative estimate of drug-likeness (QED) is 0.709. The SMILES string of the molecule is CCOCc1ccc(OC)c(C)c1. The normalized spacial score (nSPS) is 10.1. The number of methoxy groups -OCH3 is 1. The number of benzene rings is 1. The average molecular weight is 180 g/mol. The van der Waals surface area contributed by atoms with E-state index in [2.05, 4.69) is 6.07 Å². The summed E-state index contributed by atoms with van der Waals surface area (Å²) in [5.74, 6) is 0.931. The van der Waals surface area contributed by atoms with Crippen molar-refractivity contribution in [2.75, 3.05) is 13.7 Å². The van der Waals surface area contributed by atoms with E-state index in [1.54, 1.807) is 7.11 Å². The molecule has 0 saturated heterocycles. The lowest BCUT2D eigenvalue weighted by Gasteiger charge is -2.07. The first-order chi connectivity index (χ1) is 6.27. The van der Waals surface area contributed by atoms with Crippen LogP contribution < -0.4 is 4.74 Å². The van der Waals surface area contributed by atoms with Gasteiger partial charge in [-0.15, -0.1) is 0 Å². The van der Waals surface area contributed by atoms with Crippen LogP contribution >= 0.6 is 0 Å². The first kappa shape index (κ1) is 10.1. The van der Waals surface area contributed by atoms with Crippen LogP contribution in [-0.4, -0.2) is 13.7 Å². The van der Waals surface area contributed by atoms with Crippen molar-refractivity contribution in [1.82, 2.24) is 0 Å². The second-order valence-corrected chi connectivity index (χ2v) is 2.94. The lowest BCUT2D eigenvalue weighted by molar-refractivity contribution is 0.134. The minimum Gasteiger partial charge on any atom is -0.496 e. The number of hydrogen-bond donors (Lipinski definition) is 0. The van der Waals surface area contributed by atoms with Crippen molar-refractivity contribution >= 4 is 0 Å². The van der Waals surface area contributed by atoms with Gasteiger partial charge in [0.15, 0.2) is 0 Å². The molecule has 13 heavy (non-hydrogen) atoms. The summed E-state index contributed by atoms with van der Waals surface area (Å²) >= 11 is 0. The molecule has 0 N–H and O–H groups in total. The maximum absolute atomic E-state index is 5.31. The number of hydrogen-bond acceptors (Lipinski definition) is 2. The molecule has 0 amide bonds. The number of aryl methyl sites for hydroxylation is 1. The fourth-order valence-electron chi connectivity index (χ4n) is 1.25. The Morgan fingerprint density at radius 2 is 2.08 bits per heavy atom. The van der Waals surface area contributed by atoms with Crippen molar-refractivity contribution in [1.29, 1.82) is 0 Å². The monoisotopic (exact) mass is 180 g/mol. The molecule has 72 valence electrons. The van der Waals surface area contributed by atoms with Gasteiger partial charge in [-0.25, -0.2) is 0 Å². The van der Waals surface area contributed by atoms with Gasteiger partial charge in [-0.3, -0.25) is 0 Å². The Bertz CT molecular complexity index is 269. The third-order valence-corrected chi connectivity index (χ3v) is 1.93. The van der Waals surface area contributed by atoms with Crippen molar-refractivity contribution in [2.24, 2.45) is 0 Å². The molecule has 0 aliphatic carbocycles.